The lowest BCUT2D eigenvalue weighted by molar-refractivity contribution is 0.687. The smallest absolute Gasteiger partial charge is 0.271 e. The first-order valence-electron chi connectivity index (χ1n) is 4.64. The summed E-state index contributed by atoms with van der Waals surface area (Å²) < 4.78 is 0. The fourth-order valence-electron chi connectivity index (χ4n) is 1.22. The van der Waals surface area contributed by atoms with E-state index in [-0.39, 0.29) is 16.6 Å². The highest BCUT2D eigenvalue weighted by Gasteiger charge is 2.07. The van der Waals surface area contributed by atoms with Crippen LogP contribution in [0.25, 0.3) is 0 Å². The van der Waals surface area contributed by atoms with Crippen LogP contribution in [0.2, 0.25) is 5.02 Å². The van der Waals surface area contributed by atoms with Gasteiger partial charge in [0, 0.05) is 6.04 Å². The average molecular weight is 216 g/mol. The van der Waals surface area contributed by atoms with Gasteiger partial charge in [-0.1, -0.05) is 24.9 Å². The van der Waals surface area contributed by atoms with Crippen LogP contribution < -0.4 is 10.9 Å². The predicted molar refractivity (Wildman–Crippen MR) is 57.9 cm³/mol. The normalized spacial score (nSPS) is 12.5. The number of nitrogens with one attached hydrogen (secondary N) is 2. The van der Waals surface area contributed by atoms with Crippen molar-refractivity contribution in [3.8, 4) is 0 Å². The molecular formula is C9H14ClN3O. The second-order valence-electron chi connectivity index (χ2n) is 3.23. The minimum Gasteiger partial charge on any atom is -0.366 e. The molecule has 0 aliphatic rings. The van der Waals surface area contributed by atoms with Crippen LogP contribution in [0.15, 0.2) is 11.1 Å². The van der Waals surface area contributed by atoms with Gasteiger partial charge in [0.15, 0.2) is 5.82 Å². The number of H-pyrrole nitrogens is 1. The van der Waals surface area contributed by atoms with Crippen molar-refractivity contribution in [3.63, 3.8) is 0 Å². The summed E-state index contributed by atoms with van der Waals surface area (Å²) in [6.07, 6.45) is 3.44. The minimum atomic E-state index is -0.312. The molecule has 0 fully saturated rings. The third-order valence-electron chi connectivity index (χ3n) is 1.90. The molecule has 1 unspecified atom stereocenters. The van der Waals surface area contributed by atoms with Crippen molar-refractivity contribution in [3.05, 3.63) is 21.7 Å². The monoisotopic (exact) mass is 215 g/mol. The van der Waals surface area contributed by atoms with E-state index in [1.54, 1.807) is 0 Å². The van der Waals surface area contributed by atoms with Crippen LogP contribution in [0.3, 0.4) is 0 Å². The quantitative estimate of drug-likeness (QED) is 0.808. The molecule has 2 N–H and O–H groups in total. The summed E-state index contributed by atoms with van der Waals surface area (Å²) in [5.74, 6) is 0.455. The maximum Gasteiger partial charge on any atom is 0.271 e. The Morgan fingerprint density at radius 2 is 2.43 bits per heavy atom. The van der Waals surface area contributed by atoms with Crippen molar-refractivity contribution in [2.24, 2.45) is 0 Å². The minimum absolute atomic E-state index is 0.121. The number of aromatic amines is 1. The summed E-state index contributed by atoms with van der Waals surface area (Å²) in [6.45, 7) is 4.13. The first-order valence-corrected chi connectivity index (χ1v) is 5.02. The third-order valence-corrected chi connectivity index (χ3v) is 2.25. The largest absolute Gasteiger partial charge is 0.366 e. The molecule has 78 valence electrons. The molecule has 1 aromatic heterocycles. The van der Waals surface area contributed by atoms with Gasteiger partial charge in [0.25, 0.3) is 5.56 Å². The molecule has 5 heteroatoms. The van der Waals surface area contributed by atoms with Gasteiger partial charge in [-0.3, -0.25) is 4.79 Å². The van der Waals surface area contributed by atoms with E-state index in [0.29, 0.717) is 5.82 Å². The van der Waals surface area contributed by atoms with Crippen molar-refractivity contribution in [1.29, 1.82) is 0 Å². The molecule has 0 aliphatic heterocycles. The van der Waals surface area contributed by atoms with E-state index in [1.165, 1.54) is 6.33 Å². The van der Waals surface area contributed by atoms with E-state index in [4.69, 9.17) is 11.6 Å². The number of rotatable bonds is 4. The second-order valence-corrected chi connectivity index (χ2v) is 3.61. The highest BCUT2D eigenvalue weighted by molar-refractivity contribution is 6.32. The van der Waals surface area contributed by atoms with Gasteiger partial charge in [0.2, 0.25) is 0 Å². The standard InChI is InChI=1S/C9H14ClN3O/c1-3-4-6(2)13-8-7(10)9(14)12-5-11-8/h5-6H,3-4H2,1-2H3,(H2,11,12,13,14). The molecule has 1 atom stereocenters. The second kappa shape index (κ2) is 5.00. The molecule has 0 aromatic carbocycles. The lowest BCUT2D eigenvalue weighted by Gasteiger charge is -2.13. The van der Waals surface area contributed by atoms with Crippen molar-refractivity contribution in [1.82, 2.24) is 9.97 Å². The van der Waals surface area contributed by atoms with Crippen LogP contribution in [0, 0.1) is 0 Å². The number of aromatic nitrogens is 2. The summed E-state index contributed by atoms with van der Waals surface area (Å²) in [5.41, 5.74) is -0.312. The van der Waals surface area contributed by atoms with E-state index in [2.05, 4.69) is 22.2 Å². The molecule has 1 aromatic rings. The van der Waals surface area contributed by atoms with E-state index in [0.717, 1.165) is 12.8 Å². The highest BCUT2D eigenvalue weighted by Crippen LogP contribution is 2.14. The summed E-state index contributed by atoms with van der Waals surface area (Å²) in [6, 6.07) is 0.270. The Hall–Kier alpha value is -1.03. The van der Waals surface area contributed by atoms with Crippen LogP contribution in [-0.4, -0.2) is 16.0 Å². The van der Waals surface area contributed by atoms with Crippen LogP contribution >= 0.6 is 11.6 Å². The maximum atomic E-state index is 11.1. The number of nitrogens with zero attached hydrogens (tertiary/aromatic N) is 1. The molecular weight excluding hydrogens is 202 g/mol. The van der Waals surface area contributed by atoms with E-state index >= 15 is 0 Å². The lowest BCUT2D eigenvalue weighted by Crippen LogP contribution is -2.19. The molecule has 0 saturated carbocycles. The SMILES string of the molecule is CCCC(C)Nc1nc[nH]c(=O)c1Cl. The molecule has 0 spiro atoms. The van der Waals surface area contributed by atoms with Crippen molar-refractivity contribution in [2.45, 2.75) is 32.7 Å². The highest BCUT2D eigenvalue weighted by atomic mass is 35.5. The predicted octanol–water partition coefficient (Wildman–Crippen LogP) is 2.02. The molecule has 0 bridgehead atoms. The molecule has 0 saturated heterocycles. The van der Waals surface area contributed by atoms with Gasteiger partial charge >= 0.3 is 0 Å². The Morgan fingerprint density at radius 1 is 1.71 bits per heavy atom. The third kappa shape index (κ3) is 2.73. The molecule has 1 heterocycles. The topological polar surface area (TPSA) is 57.8 Å². The Balaban J connectivity index is 2.76. The average Bonchev–Trinajstić information content (AvgIpc) is 2.13. The molecule has 0 amide bonds. The van der Waals surface area contributed by atoms with E-state index in [1.807, 2.05) is 6.92 Å². The number of hydrogen-bond donors (Lipinski definition) is 2. The molecule has 4 nitrogen and oxygen atoms in total. The number of halogens is 1. The zero-order valence-electron chi connectivity index (χ0n) is 8.30. The Kier molecular flexibility index (Phi) is 3.95. The summed E-state index contributed by atoms with van der Waals surface area (Å²) >= 11 is 5.77. The number of hydrogen-bond acceptors (Lipinski definition) is 3. The molecule has 0 radical (unpaired) electrons. The van der Waals surface area contributed by atoms with Gasteiger partial charge in [-0.05, 0) is 13.3 Å². The van der Waals surface area contributed by atoms with Gasteiger partial charge in [-0.15, -0.1) is 0 Å². The maximum absolute atomic E-state index is 11.1. The molecule has 1 rings (SSSR count). The zero-order valence-corrected chi connectivity index (χ0v) is 9.06. The van der Waals surface area contributed by atoms with Crippen molar-refractivity contribution >= 4 is 17.4 Å². The van der Waals surface area contributed by atoms with Crippen LogP contribution in [0.1, 0.15) is 26.7 Å². The van der Waals surface area contributed by atoms with Gasteiger partial charge in [-0.2, -0.15) is 0 Å². The summed E-state index contributed by atoms with van der Waals surface area (Å²) in [7, 11) is 0. The first-order chi connectivity index (χ1) is 6.65. The van der Waals surface area contributed by atoms with Crippen molar-refractivity contribution < 1.29 is 0 Å². The zero-order chi connectivity index (χ0) is 10.6. The van der Waals surface area contributed by atoms with Gasteiger partial charge in [-0.25, -0.2) is 4.98 Å². The van der Waals surface area contributed by atoms with Gasteiger partial charge in [0.1, 0.15) is 5.02 Å². The van der Waals surface area contributed by atoms with Crippen LogP contribution in [-0.2, 0) is 0 Å². The van der Waals surface area contributed by atoms with Gasteiger partial charge < -0.3 is 10.3 Å². The Morgan fingerprint density at radius 3 is 3.07 bits per heavy atom. The van der Waals surface area contributed by atoms with E-state index in [9.17, 15) is 4.79 Å². The summed E-state index contributed by atoms with van der Waals surface area (Å²) in [4.78, 5) is 17.5. The number of anilines is 1. The van der Waals surface area contributed by atoms with Gasteiger partial charge in [0.05, 0.1) is 6.33 Å². The summed E-state index contributed by atoms with van der Waals surface area (Å²) in [5, 5.41) is 3.21. The Labute approximate surface area is 87.7 Å². The van der Waals surface area contributed by atoms with E-state index < -0.39 is 0 Å². The van der Waals surface area contributed by atoms with Crippen LogP contribution in [0.5, 0.6) is 0 Å². The van der Waals surface area contributed by atoms with Crippen molar-refractivity contribution in [2.75, 3.05) is 5.32 Å². The fourth-order valence-corrected chi connectivity index (χ4v) is 1.38. The van der Waals surface area contributed by atoms with Crippen LogP contribution in [0.4, 0.5) is 5.82 Å². The lowest BCUT2D eigenvalue weighted by atomic mass is 10.2. The first kappa shape index (κ1) is 11.0. The molecule has 0 aliphatic carbocycles. The fraction of sp³-hybridized carbons (Fsp3) is 0.556. The molecule has 14 heavy (non-hydrogen) atoms. The Bertz CT molecular complexity index is 350.